The quantitative estimate of drug-likeness (QED) is 0.718. The summed E-state index contributed by atoms with van der Waals surface area (Å²) in [5.74, 6) is -1.23. The van der Waals surface area contributed by atoms with Crippen LogP contribution in [0.3, 0.4) is 0 Å². The first-order valence-corrected chi connectivity index (χ1v) is 8.80. The molecule has 0 saturated heterocycles. The van der Waals surface area contributed by atoms with Gasteiger partial charge in [-0.3, -0.25) is 0 Å². The molecule has 1 aromatic rings. The average Bonchev–Trinajstić information content (AvgIpc) is 2.39. The maximum Gasteiger partial charge on any atom is 0.216 e. The highest BCUT2D eigenvalue weighted by Crippen LogP contribution is 2.18. The first kappa shape index (κ1) is 18.8. The lowest BCUT2D eigenvalue weighted by molar-refractivity contribution is 0.540. The second-order valence-electron chi connectivity index (χ2n) is 6.09. The lowest BCUT2D eigenvalue weighted by Gasteiger charge is -2.19. The molecule has 0 aromatic heterocycles. The molecule has 0 unspecified atom stereocenters. The van der Waals surface area contributed by atoms with Gasteiger partial charge in [0.1, 0.15) is 17.3 Å². The van der Waals surface area contributed by atoms with E-state index in [4.69, 9.17) is 0 Å². The number of benzene rings is 1. The average molecular weight is 334 g/mol. The van der Waals surface area contributed by atoms with Crippen molar-refractivity contribution in [1.82, 2.24) is 4.72 Å². The Morgan fingerprint density at radius 2 is 1.55 bits per heavy atom. The van der Waals surface area contributed by atoms with Gasteiger partial charge < -0.3 is 5.32 Å². The number of hydrogen-bond donors (Lipinski definition) is 2. The zero-order chi connectivity index (χ0) is 16.8. The van der Waals surface area contributed by atoms with Crippen molar-refractivity contribution < 1.29 is 17.2 Å². The van der Waals surface area contributed by atoms with Gasteiger partial charge in [0.05, 0.1) is 4.75 Å². The number of sulfonamides is 1. The van der Waals surface area contributed by atoms with Crippen LogP contribution < -0.4 is 10.0 Å². The summed E-state index contributed by atoms with van der Waals surface area (Å²) in [5, 5.41) is 2.72. The highest BCUT2D eigenvalue weighted by molar-refractivity contribution is 7.90. The maximum absolute atomic E-state index is 13.3. The van der Waals surface area contributed by atoms with E-state index in [2.05, 4.69) is 10.0 Å². The van der Waals surface area contributed by atoms with Crippen LogP contribution in [0.1, 0.15) is 40.0 Å². The highest BCUT2D eigenvalue weighted by Gasteiger charge is 2.27. The Hall–Kier alpha value is -1.21. The Labute approximate surface area is 131 Å². The first-order chi connectivity index (χ1) is 10.1. The van der Waals surface area contributed by atoms with E-state index in [9.17, 15) is 17.2 Å². The van der Waals surface area contributed by atoms with Gasteiger partial charge in [0.25, 0.3) is 0 Å². The van der Waals surface area contributed by atoms with Crippen LogP contribution in [0.5, 0.6) is 0 Å². The van der Waals surface area contributed by atoms with E-state index in [1.54, 1.807) is 20.8 Å². The van der Waals surface area contributed by atoms with E-state index >= 15 is 0 Å². The largest absolute Gasteiger partial charge is 0.380 e. The second kappa shape index (κ2) is 7.87. The van der Waals surface area contributed by atoms with Gasteiger partial charge >= 0.3 is 0 Å². The van der Waals surface area contributed by atoms with Crippen LogP contribution in [0.15, 0.2) is 18.2 Å². The highest BCUT2D eigenvalue weighted by atomic mass is 32.2. The number of halogens is 2. The van der Waals surface area contributed by atoms with Crippen molar-refractivity contribution in [2.24, 2.45) is 0 Å². The lowest BCUT2D eigenvalue weighted by atomic mass is 10.2. The molecular formula is C15H24F2N2O2S. The lowest BCUT2D eigenvalue weighted by Crippen LogP contribution is -2.39. The molecule has 0 aliphatic carbocycles. The van der Waals surface area contributed by atoms with Crippen LogP contribution in [0.25, 0.3) is 0 Å². The Bertz CT molecular complexity index is 563. The van der Waals surface area contributed by atoms with E-state index in [-0.39, 0.29) is 5.69 Å². The van der Waals surface area contributed by atoms with Gasteiger partial charge in [-0.05, 0) is 45.7 Å². The van der Waals surface area contributed by atoms with Crippen molar-refractivity contribution in [1.29, 1.82) is 0 Å². The topological polar surface area (TPSA) is 58.2 Å². The third kappa shape index (κ3) is 5.53. The minimum Gasteiger partial charge on any atom is -0.380 e. The molecule has 22 heavy (non-hydrogen) atoms. The summed E-state index contributed by atoms with van der Waals surface area (Å²) < 4.78 is 52.0. The first-order valence-electron chi connectivity index (χ1n) is 7.32. The number of hydrogen-bond acceptors (Lipinski definition) is 3. The van der Waals surface area contributed by atoms with Gasteiger partial charge in [-0.25, -0.2) is 21.9 Å². The van der Waals surface area contributed by atoms with Gasteiger partial charge in [0.15, 0.2) is 0 Å². The van der Waals surface area contributed by atoms with Gasteiger partial charge in [0, 0.05) is 13.1 Å². The van der Waals surface area contributed by atoms with Crippen molar-refractivity contribution in [3.8, 4) is 0 Å². The van der Waals surface area contributed by atoms with E-state index in [1.807, 2.05) is 0 Å². The van der Waals surface area contributed by atoms with E-state index in [1.165, 1.54) is 18.2 Å². The van der Waals surface area contributed by atoms with Crippen LogP contribution in [0.4, 0.5) is 14.5 Å². The summed E-state index contributed by atoms with van der Waals surface area (Å²) >= 11 is 0. The number of para-hydroxylation sites is 1. The molecule has 126 valence electrons. The van der Waals surface area contributed by atoms with E-state index < -0.39 is 26.4 Å². The summed E-state index contributed by atoms with van der Waals surface area (Å²) in [4.78, 5) is 0. The van der Waals surface area contributed by atoms with Crippen molar-refractivity contribution in [3.63, 3.8) is 0 Å². The molecule has 0 bridgehead atoms. The van der Waals surface area contributed by atoms with E-state index in [0.717, 1.165) is 6.42 Å². The summed E-state index contributed by atoms with van der Waals surface area (Å²) in [6.07, 6.45) is 2.14. The maximum atomic E-state index is 13.3. The summed E-state index contributed by atoms with van der Waals surface area (Å²) in [6.45, 7) is 5.73. The zero-order valence-electron chi connectivity index (χ0n) is 13.2. The summed E-state index contributed by atoms with van der Waals surface area (Å²) in [6, 6.07) is 3.72. The van der Waals surface area contributed by atoms with E-state index in [0.29, 0.717) is 25.9 Å². The molecule has 0 heterocycles. The molecule has 0 aliphatic rings. The van der Waals surface area contributed by atoms with Crippen LogP contribution in [0, 0.1) is 11.6 Å². The normalized spacial score (nSPS) is 12.4. The monoisotopic (exact) mass is 334 g/mol. The molecule has 0 spiro atoms. The van der Waals surface area contributed by atoms with Gasteiger partial charge in [-0.1, -0.05) is 12.5 Å². The summed E-state index contributed by atoms with van der Waals surface area (Å²) in [5.41, 5.74) is -0.115. The Balaban J connectivity index is 2.22. The fourth-order valence-corrected chi connectivity index (χ4v) is 2.58. The van der Waals surface area contributed by atoms with Gasteiger partial charge in [0.2, 0.25) is 10.0 Å². The number of unbranched alkanes of at least 4 members (excludes halogenated alkanes) is 2. The Morgan fingerprint density at radius 3 is 2.09 bits per heavy atom. The van der Waals surface area contributed by atoms with Crippen LogP contribution in [-0.4, -0.2) is 26.3 Å². The number of anilines is 1. The van der Waals surface area contributed by atoms with Gasteiger partial charge in [-0.15, -0.1) is 0 Å². The fraction of sp³-hybridized carbons (Fsp3) is 0.600. The molecule has 0 saturated carbocycles. The predicted molar refractivity (Wildman–Crippen MR) is 85.4 cm³/mol. The Kier molecular flexibility index (Phi) is 6.74. The number of rotatable bonds is 8. The smallest absolute Gasteiger partial charge is 0.216 e. The van der Waals surface area contributed by atoms with Crippen molar-refractivity contribution in [3.05, 3.63) is 29.8 Å². The second-order valence-corrected chi connectivity index (χ2v) is 8.61. The Morgan fingerprint density at radius 1 is 1.00 bits per heavy atom. The third-order valence-electron chi connectivity index (χ3n) is 3.22. The van der Waals surface area contributed by atoms with Crippen LogP contribution in [-0.2, 0) is 10.0 Å². The van der Waals surface area contributed by atoms with Crippen molar-refractivity contribution in [2.75, 3.05) is 18.4 Å². The molecule has 7 heteroatoms. The minimum atomic E-state index is -3.31. The molecule has 0 amide bonds. The molecule has 1 rings (SSSR count). The van der Waals surface area contributed by atoms with Crippen LogP contribution >= 0.6 is 0 Å². The van der Waals surface area contributed by atoms with Crippen molar-refractivity contribution in [2.45, 2.75) is 44.8 Å². The molecule has 2 N–H and O–H groups in total. The molecule has 0 fully saturated rings. The molecule has 4 nitrogen and oxygen atoms in total. The predicted octanol–water partition coefficient (Wildman–Crippen LogP) is 3.26. The van der Waals surface area contributed by atoms with Crippen molar-refractivity contribution >= 4 is 15.7 Å². The minimum absolute atomic E-state index is 0.115. The standard InChI is InChI=1S/C15H24F2N2O2S/c1-15(2,3)22(20,21)19-11-6-4-5-10-18-14-12(16)8-7-9-13(14)17/h7-9,18-19H,4-6,10-11H2,1-3H3. The third-order valence-corrected chi connectivity index (χ3v) is 5.41. The zero-order valence-corrected chi connectivity index (χ0v) is 14.1. The summed E-state index contributed by atoms with van der Waals surface area (Å²) in [7, 11) is -3.31. The molecule has 0 aliphatic heterocycles. The molecular weight excluding hydrogens is 310 g/mol. The molecule has 0 radical (unpaired) electrons. The molecule has 1 aromatic carbocycles. The fourth-order valence-electron chi connectivity index (χ4n) is 1.73. The molecule has 0 atom stereocenters. The van der Waals surface area contributed by atoms with Gasteiger partial charge in [-0.2, -0.15) is 0 Å². The SMILES string of the molecule is CC(C)(C)S(=O)(=O)NCCCCCNc1c(F)cccc1F. The van der Waals surface area contributed by atoms with Crippen LogP contribution in [0.2, 0.25) is 0 Å². The number of nitrogens with one attached hydrogen (secondary N) is 2.